The molecule has 4 atom stereocenters. The molecule has 0 bridgehead atoms. The van der Waals surface area contributed by atoms with E-state index in [9.17, 15) is 0 Å². The van der Waals surface area contributed by atoms with Crippen molar-refractivity contribution in [2.75, 3.05) is 0 Å². The lowest BCUT2D eigenvalue weighted by Gasteiger charge is -2.19. The van der Waals surface area contributed by atoms with E-state index in [-0.39, 0.29) is 0 Å². The average Bonchev–Trinajstić information content (AvgIpc) is 2.43. The molecule has 0 aliphatic carbocycles. The van der Waals surface area contributed by atoms with Crippen LogP contribution in [-0.4, -0.2) is 0 Å². The molecule has 0 aliphatic rings. The summed E-state index contributed by atoms with van der Waals surface area (Å²) in [5.41, 5.74) is 0. The molecule has 0 fully saturated rings. The minimum atomic E-state index is 0.918. The summed E-state index contributed by atoms with van der Waals surface area (Å²) in [4.78, 5) is 0. The van der Waals surface area contributed by atoms with E-state index in [1.54, 1.807) is 0 Å². The largest absolute Gasteiger partial charge is 0.0654 e. The molecule has 0 heterocycles. The van der Waals surface area contributed by atoms with Gasteiger partial charge in [0.2, 0.25) is 0 Å². The molecule has 0 amide bonds. The van der Waals surface area contributed by atoms with E-state index in [1.165, 1.54) is 64.2 Å². The molecule has 20 heavy (non-hydrogen) atoms. The maximum Gasteiger partial charge on any atom is -0.0417 e. The molecule has 0 nitrogen and oxygen atoms in total. The highest BCUT2D eigenvalue weighted by molar-refractivity contribution is 4.63. The normalized spacial score (nSPS) is 17.7. The molecular weight excluding hydrogens is 240 g/mol. The van der Waals surface area contributed by atoms with Crippen molar-refractivity contribution in [2.45, 2.75) is 106 Å². The molecule has 0 saturated carbocycles. The van der Waals surface area contributed by atoms with Gasteiger partial charge < -0.3 is 0 Å². The van der Waals surface area contributed by atoms with Crippen molar-refractivity contribution in [3.05, 3.63) is 0 Å². The highest BCUT2D eigenvalue weighted by Crippen LogP contribution is 2.25. The van der Waals surface area contributed by atoms with Crippen molar-refractivity contribution in [3.63, 3.8) is 0 Å². The molecule has 0 radical (unpaired) electrons. The Labute approximate surface area is 130 Å². The molecule has 0 aromatic heterocycles. The zero-order chi connectivity index (χ0) is 15.4. The third kappa shape index (κ3) is 10.7. The van der Waals surface area contributed by atoms with E-state index in [0.717, 1.165) is 23.7 Å². The van der Waals surface area contributed by atoms with E-state index >= 15 is 0 Å². The van der Waals surface area contributed by atoms with Gasteiger partial charge in [0.1, 0.15) is 0 Å². The molecule has 0 heteroatoms. The molecule has 0 saturated heterocycles. The molecule has 0 aromatic carbocycles. The van der Waals surface area contributed by atoms with E-state index in [4.69, 9.17) is 0 Å². The van der Waals surface area contributed by atoms with Crippen molar-refractivity contribution < 1.29 is 0 Å². The minimum Gasteiger partial charge on any atom is -0.0654 e. The molecule has 0 N–H and O–H groups in total. The third-order valence-electron chi connectivity index (χ3n) is 5.24. The van der Waals surface area contributed by atoms with Gasteiger partial charge in [0.15, 0.2) is 0 Å². The summed E-state index contributed by atoms with van der Waals surface area (Å²) in [7, 11) is 0. The maximum absolute atomic E-state index is 2.47. The summed E-state index contributed by atoms with van der Waals surface area (Å²) >= 11 is 0. The summed E-state index contributed by atoms with van der Waals surface area (Å²) < 4.78 is 0. The Hall–Kier alpha value is 0. The molecule has 0 rings (SSSR count). The van der Waals surface area contributed by atoms with E-state index in [0.29, 0.717) is 0 Å². The van der Waals surface area contributed by atoms with Gasteiger partial charge in [-0.15, -0.1) is 0 Å². The van der Waals surface area contributed by atoms with Crippen LogP contribution < -0.4 is 0 Å². The second-order valence-electron chi connectivity index (χ2n) is 7.53. The van der Waals surface area contributed by atoms with Gasteiger partial charge in [-0.3, -0.25) is 0 Å². The first-order chi connectivity index (χ1) is 9.53. The van der Waals surface area contributed by atoms with Crippen LogP contribution in [0.3, 0.4) is 0 Å². The Balaban J connectivity index is 3.64. The van der Waals surface area contributed by atoms with Crippen LogP contribution in [0.15, 0.2) is 0 Å². The Morgan fingerprint density at radius 1 is 0.600 bits per heavy atom. The first-order valence-electron chi connectivity index (χ1n) is 9.53. The Kier molecular flexibility index (Phi) is 12.7. The maximum atomic E-state index is 2.47. The summed E-state index contributed by atoms with van der Waals surface area (Å²) in [5, 5.41) is 0. The second kappa shape index (κ2) is 12.7. The van der Waals surface area contributed by atoms with E-state index in [2.05, 4.69) is 41.5 Å². The average molecular weight is 283 g/mol. The summed E-state index contributed by atoms with van der Waals surface area (Å²) in [5.74, 6) is 3.78. The third-order valence-corrected chi connectivity index (χ3v) is 5.24. The van der Waals surface area contributed by atoms with Crippen molar-refractivity contribution in [1.82, 2.24) is 0 Å². The number of hydrogen-bond donors (Lipinski definition) is 0. The highest BCUT2D eigenvalue weighted by Gasteiger charge is 2.11. The van der Waals surface area contributed by atoms with Crippen LogP contribution in [0.5, 0.6) is 0 Å². The van der Waals surface area contributed by atoms with E-state index in [1.807, 2.05) is 0 Å². The minimum absolute atomic E-state index is 0.918. The van der Waals surface area contributed by atoms with Crippen LogP contribution in [0, 0.1) is 23.7 Å². The fourth-order valence-electron chi connectivity index (χ4n) is 3.41. The SMILES string of the molecule is CCCC(CC)CCC(C)CCCC(C)CC(C)CC. The van der Waals surface area contributed by atoms with Gasteiger partial charge in [0.25, 0.3) is 0 Å². The first kappa shape index (κ1) is 20.0. The summed E-state index contributed by atoms with van der Waals surface area (Å²) in [6.07, 6.45) is 14.2. The summed E-state index contributed by atoms with van der Waals surface area (Å²) in [6.45, 7) is 14.3. The standard InChI is InChI=1S/C20H42/c1-7-11-20(9-3)15-14-18(5)12-10-13-19(6)16-17(4)8-2/h17-20H,7-16H2,1-6H3. The fourth-order valence-corrected chi connectivity index (χ4v) is 3.41. The molecule has 0 aliphatic heterocycles. The molecular formula is C20H42. The zero-order valence-corrected chi connectivity index (χ0v) is 15.4. The zero-order valence-electron chi connectivity index (χ0n) is 15.4. The fraction of sp³-hybridized carbons (Fsp3) is 1.00. The van der Waals surface area contributed by atoms with Crippen LogP contribution >= 0.6 is 0 Å². The molecule has 0 spiro atoms. The monoisotopic (exact) mass is 282 g/mol. The lowest BCUT2D eigenvalue weighted by molar-refractivity contribution is 0.337. The lowest BCUT2D eigenvalue weighted by atomic mass is 9.87. The van der Waals surface area contributed by atoms with Crippen molar-refractivity contribution in [2.24, 2.45) is 23.7 Å². The topological polar surface area (TPSA) is 0 Å². The van der Waals surface area contributed by atoms with Gasteiger partial charge in [-0.1, -0.05) is 99.3 Å². The molecule has 122 valence electrons. The van der Waals surface area contributed by atoms with E-state index < -0.39 is 0 Å². The van der Waals surface area contributed by atoms with Crippen molar-refractivity contribution in [3.8, 4) is 0 Å². The highest BCUT2D eigenvalue weighted by atomic mass is 14.2. The van der Waals surface area contributed by atoms with Gasteiger partial charge in [0.05, 0.1) is 0 Å². The van der Waals surface area contributed by atoms with Crippen LogP contribution in [0.4, 0.5) is 0 Å². The lowest BCUT2D eigenvalue weighted by Crippen LogP contribution is -2.05. The van der Waals surface area contributed by atoms with Gasteiger partial charge in [-0.25, -0.2) is 0 Å². The van der Waals surface area contributed by atoms with Gasteiger partial charge in [-0.05, 0) is 30.1 Å². The smallest absolute Gasteiger partial charge is 0.0417 e. The molecule has 4 unspecified atom stereocenters. The van der Waals surface area contributed by atoms with Gasteiger partial charge in [0, 0.05) is 0 Å². The molecule has 0 aromatic rings. The van der Waals surface area contributed by atoms with Crippen LogP contribution in [-0.2, 0) is 0 Å². The Bertz CT molecular complexity index is 196. The van der Waals surface area contributed by atoms with Gasteiger partial charge in [-0.2, -0.15) is 0 Å². The number of hydrogen-bond acceptors (Lipinski definition) is 0. The first-order valence-corrected chi connectivity index (χ1v) is 9.53. The summed E-state index contributed by atoms with van der Waals surface area (Å²) in [6, 6.07) is 0. The second-order valence-corrected chi connectivity index (χ2v) is 7.53. The predicted molar refractivity (Wildman–Crippen MR) is 94.2 cm³/mol. The van der Waals surface area contributed by atoms with Crippen molar-refractivity contribution >= 4 is 0 Å². The van der Waals surface area contributed by atoms with Crippen molar-refractivity contribution in [1.29, 1.82) is 0 Å². The Morgan fingerprint density at radius 3 is 1.80 bits per heavy atom. The van der Waals surface area contributed by atoms with Crippen LogP contribution in [0.25, 0.3) is 0 Å². The van der Waals surface area contributed by atoms with Crippen LogP contribution in [0.1, 0.15) is 106 Å². The van der Waals surface area contributed by atoms with Crippen LogP contribution in [0.2, 0.25) is 0 Å². The number of rotatable bonds is 13. The predicted octanol–water partition coefficient (Wildman–Crippen LogP) is 7.47. The van der Waals surface area contributed by atoms with Gasteiger partial charge >= 0.3 is 0 Å². The Morgan fingerprint density at radius 2 is 1.25 bits per heavy atom. The quantitative estimate of drug-likeness (QED) is 0.328.